The Labute approximate surface area is 153 Å². The summed E-state index contributed by atoms with van der Waals surface area (Å²) >= 11 is 0. The summed E-state index contributed by atoms with van der Waals surface area (Å²) in [7, 11) is -4.19. The van der Waals surface area contributed by atoms with Gasteiger partial charge in [-0.15, -0.1) is 0 Å². The number of rotatable bonds is 5. The molecule has 0 aliphatic heterocycles. The van der Waals surface area contributed by atoms with Gasteiger partial charge in [-0.3, -0.25) is 4.57 Å². The Hall–Kier alpha value is -1.81. The Bertz CT molecular complexity index is 846. The summed E-state index contributed by atoms with van der Waals surface area (Å²) in [5, 5.41) is 10.1. The molecule has 0 bridgehead atoms. The van der Waals surface area contributed by atoms with Gasteiger partial charge in [-0.2, -0.15) is 0 Å². The molecule has 6 heteroatoms. The molecular formula is C20H25O5P. The number of phenolic OH excluding ortho intramolecular Hbond substituents is 1. The van der Waals surface area contributed by atoms with Gasteiger partial charge in [-0.1, -0.05) is 6.07 Å². The maximum Gasteiger partial charge on any atom is 0.362 e. The van der Waals surface area contributed by atoms with E-state index < -0.39 is 13.9 Å². The van der Waals surface area contributed by atoms with Crippen molar-refractivity contribution in [1.29, 1.82) is 0 Å². The first-order valence-corrected chi connectivity index (χ1v) is 10.6. The molecule has 3 rings (SSSR count). The molecule has 0 aromatic heterocycles. The molecule has 140 valence electrons. The van der Waals surface area contributed by atoms with Crippen LogP contribution in [0.15, 0.2) is 24.3 Å². The van der Waals surface area contributed by atoms with Crippen LogP contribution in [-0.2, 0) is 23.8 Å². The molecule has 3 N–H and O–H groups in total. The molecule has 0 unspecified atom stereocenters. The van der Waals surface area contributed by atoms with Gasteiger partial charge in [0.1, 0.15) is 11.5 Å². The first-order valence-electron chi connectivity index (χ1n) is 8.84. The smallest absolute Gasteiger partial charge is 0.362 e. The average molecular weight is 376 g/mol. The summed E-state index contributed by atoms with van der Waals surface area (Å²) in [5.74, 6) is 0.873. The molecule has 0 fully saturated rings. The van der Waals surface area contributed by atoms with Gasteiger partial charge >= 0.3 is 7.60 Å². The van der Waals surface area contributed by atoms with Crippen molar-refractivity contribution in [3.05, 3.63) is 57.6 Å². The lowest BCUT2D eigenvalue weighted by Crippen LogP contribution is -2.08. The van der Waals surface area contributed by atoms with Crippen LogP contribution in [0.25, 0.3) is 0 Å². The Morgan fingerprint density at radius 1 is 1.04 bits per heavy atom. The average Bonchev–Trinajstić information content (AvgIpc) is 2.58. The molecule has 0 radical (unpaired) electrons. The zero-order valence-electron chi connectivity index (χ0n) is 15.2. The van der Waals surface area contributed by atoms with Crippen molar-refractivity contribution in [3.8, 4) is 11.5 Å². The van der Waals surface area contributed by atoms with Crippen molar-refractivity contribution < 1.29 is 24.2 Å². The summed E-state index contributed by atoms with van der Waals surface area (Å²) < 4.78 is 16.2. The van der Waals surface area contributed by atoms with Crippen LogP contribution in [0.2, 0.25) is 0 Å². The fraction of sp³-hybridized carbons (Fsp3) is 0.400. The summed E-state index contributed by atoms with van der Waals surface area (Å²) in [6, 6.07) is 7.45. The van der Waals surface area contributed by atoms with Crippen molar-refractivity contribution in [2.75, 3.05) is 6.35 Å². The van der Waals surface area contributed by atoms with Crippen molar-refractivity contribution in [2.24, 2.45) is 0 Å². The number of fused-ring (bicyclic) bond motifs is 1. The molecule has 1 aliphatic rings. The normalized spacial score (nSPS) is 14.2. The van der Waals surface area contributed by atoms with Gasteiger partial charge in [-0.25, -0.2) is 0 Å². The van der Waals surface area contributed by atoms with Crippen molar-refractivity contribution >= 4 is 7.60 Å². The lowest BCUT2D eigenvalue weighted by Gasteiger charge is -2.22. The third-order valence-corrected chi connectivity index (χ3v) is 5.51. The minimum atomic E-state index is -4.19. The second-order valence-corrected chi connectivity index (χ2v) is 8.65. The lowest BCUT2D eigenvalue weighted by molar-refractivity contribution is 0.300. The van der Waals surface area contributed by atoms with Gasteiger partial charge in [0, 0.05) is 0 Å². The van der Waals surface area contributed by atoms with Crippen LogP contribution in [0, 0.1) is 13.8 Å². The Balaban J connectivity index is 1.88. The molecule has 0 saturated heterocycles. The fourth-order valence-electron chi connectivity index (χ4n) is 3.75. The van der Waals surface area contributed by atoms with Crippen molar-refractivity contribution in [3.63, 3.8) is 0 Å². The van der Waals surface area contributed by atoms with E-state index in [1.165, 1.54) is 16.7 Å². The first kappa shape index (κ1) is 19.0. The molecule has 0 atom stereocenters. The van der Waals surface area contributed by atoms with E-state index in [0.717, 1.165) is 48.8 Å². The lowest BCUT2D eigenvalue weighted by atomic mass is 9.84. The van der Waals surface area contributed by atoms with Crippen LogP contribution >= 0.6 is 7.60 Å². The predicted octanol–water partition coefficient (Wildman–Crippen LogP) is 3.99. The number of aromatic hydroxyl groups is 1. The molecule has 0 saturated carbocycles. The van der Waals surface area contributed by atoms with Gasteiger partial charge in [0.15, 0.2) is 6.35 Å². The van der Waals surface area contributed by atoms with E-state index in [9.17, 15) is 9.67 Å². The largest absolute Gasteiger partial charge is 0.508 e. The van der Waals surface area contributed by atoms with Crippen molar-refractivity contribution in [1.82, 2.24) is 0 Å². The number of phenols is 1. The fourth-order valence-corrected chi connectivity index (χ4v) is 4.07. The Kier molecular flexibility index (Phi) is 5.42. The van der Waals surface area contributed by atoms with Crippen LogP contribution in [0.5, 0.6) is 11.5 Å². The molecule has 0 heterocycles. The maximum absolute atomic E-state index is 11.0. The number of ether oxygens (including phenoxy) is 1. The van der Waals surface area contributed by atoms with E-state index >= 15 is 0 Å². The second kappa shape index (κ2) is 7.43. The topological polar surface area (TPSA) is 87.0 Å². The van der Waals surface area contributed by atoms with Crippen LogP contribution in [-0.4, -0.2) is 21.2 Å². The highest BCUT2D eigenvalue weighted by Crippen LogP contribution is 2.36. The highest BCUT2D eigenvalue weighted by Gasteiger charge is 2.19. The van der Waals surface area contributed by atoms with E-state index in [2.05, 4.69) is 0 Å². The monoisotopic (exact) mass is 376 g/mol. The Morgan fingerprint density at radius 2 is 1.65 bits per heavy atom. The van der Waals surface area contributed by atoms with Crippen molar-refractivity contribution in [2.45, 2.75) is 46.0 Å². The summed E-state index contributed by atoms with van der Waals surface area (Å²) in [4.78, 5) is 17.9. The first-order chi connectivity index (χ1) is 12.2. The number of hydrogen-bond acceptors (Lipinski definition) is 3. The van der Waals surface area contributed by atoms with E-state index in [1.54, 1.807) is 6.07 Å². The third-order valence-electron chi connectivity index (χ3n) is 5.04. The summed E-state index contributed by atoms with van der Waals surface area (Å²) in [6.07, 6.45) is 4.36. The van der Waals surface area contributed by atoms with E-state index in [4.69, 9.17) is 14.5 Å². The molecule has 26 heavy (non-hydrogen) atoms. The predicted molar refractivity (Wildman–Crippen MR) is 101 cm³/mol. The molecular weight excluding hydrogens is 351 g/mol. The molecule has 5 nitrogen and oxygen atoms in total. The minimum absolute atomic E-state index is 0.401. The van der Waals surface area contributed by atoms with E-state index in [1.807, 2.05) is 32.0 Å². The van der Waals surface area contributed by atoms with Crippen LogP contribution in [0.4, 0.5) is 0 Å². The van der Waals surface area contributed by atoms with E-state index in [0.29, 0.717) is 11.5 Å². The Morgan fingerprint density at radius 3 is 2.27 bits per heavy atom. The summed E-state index contributed by atoms with van der Waals surface area (Å²) in [6.45, 7) is 3.97. The van der Waals surface area contributed by atoms with Gasteiger partial charge in [-0.05, 0) is 97.5 Å². The third kappa shape index (κ3) is 4.29. The summed E-state index contributed by atoms with van der Waals surface area (Å²) in [5.41, 5.74) is 6.86. The van der Waals surface area contributed by atoms with Crippen LogP contribution in [0.3, 0.4) is 0 Å². The molecule has 0 spiro atoms. The number of benzene rings is 2. The number of hydrogen-bond donors (Lipinski definition) is 3. The van der Waals surface area contributed by atoms with Gasteiger partial charge in [0.25, 0.3) is 0 Å². The van der Waals surface area contributed by atoms with Crippen LogP contribution < -0.4 is 4.74 Å². The minimum Gasteiger partial charge on any atom is -0.508 e. The van der Waals surface area contributed by atoms with Crippen LogP contribution in [0.1, 0.15) is 46.2 Å². The standard InChI is InChI=1S/C20H25O5P/c1-13-9-16(25-12-26(22,23)24)10-14(2)19(13)11-15-7-8-20(21)18-6-4-3-5-17(15)18/h7-10,21H,3-6,11-12H2,1-2H3,(H2,22,23,24). The number of aryl methyl sites for hydroxylation is 2. The zero-order valence-corrected chi connectivity index (χ0v) is 16.1. The SMILES string of the molecule is Cc1cc(OCP(=O)(O)O)cc(C)c1Cc1ccc(O)c2c1CCCC2. The quantitative estimate of drug-likeness (QED) is 0.687. The highest BCUT2D eigenvalue weighted by atomic mass is 31.2. The van der Waals surface area contributed by atoms with Gasteiger partial charge in [0.2, 0.25) is 0 Å². The molecule has 2 aromatic carbocycles. The maximum atomic E-state index is 11.0. The second-order valence-electron chi connectivity index (χ2n) is 7.06. The molecule has 1 aliphatic carbocycles. The zero-order chi connectivity index (χ0) is 18.9. The van der Waals surface area contributed by atoms with Gasteiger partial charge in [0.05, 0.1) is 0 Å². The molecule has 2 aromatic rings. The van der Waals surface area contributed by atoms with E-state index in [-0.39, 0.29) is 0 Å². The molecule has 0 amide bonds. The van der Waals surface area contributed by atoms with Gasteiger partial charge < -0.3 is 19.6 Å². The highest BCUT2D eigenvalue weighted by molar-refractivity contribution is 7.51.